The van der Waals surface area contributed by atoms with Gasteiger partial charge in [-0.1, -0.05) is 24.3 Å². The summed E-state index contributed by atoms with van der Waals surface area (Å²) in [5.74, 6) is -0.788. The minimum Gasteiger partial charge on any atom is -0.313 e. The molecule has 256 valence electrons. The number of benzene rings is 2. The zero-order valence-electron chi connectivity index (χ0n) is 26.3. The fraction of sp³-hybridized carbons (Fsp3) is 0.419. The molecule has 3 aromatic rings. The summed E-state index contributed by atoms with van der Waals surface area (Å²) in [4.78, 5) is 38.5. The summed E-state index contributed by atoms with van der Waals surface area (Å²) in [5, 5.41) is 3.25. The number of aromatic nitrogens is 1. The molecular formula is C31H36F6N4O5P+. The second-order valence-corrected chi connectivity index (χ2v) is 13.6. The third kappa shape index (κ3) is 8.04. The number of amides is 1. The first kappa shape index (κ1) is 36.5. The molecule has 1 fully saturated rings. The molecule has 0 spiro atoms. The summed E-state index contributed by atoms with van der Waals surface area (Å²) in [7, 11) is -1.64. The zero-order valence-corrected chi connectivity index (χ0v) is 27.2. The van der Waals surface area contributed by atoms with E-state index in [1.807, 2.05) is 19.1 Å². The van der Waals surface area contributed by atoms with E-state index in [1.54, 1.807) is 25.2 Å². The molecule has 0 bridgehead atoms. The van der Waals surface area contributed by atoms with E-state index in [0.29, 0.717) is 48.6 Å². The number of carbonyl (C=O) groups excluding carboxylic acids is 1. The Hall–Kier alpha value is -3.33. The smallest absolute Gasteiger partial charge is 0.313 e. The molecular weight excluding hydrogens is 653 g/mol. The van der Waals surface area contributed by atoms with Gasteiger partial charge >= 0.3 is 20.2 Å². The summed E-state index contributed by atoms with van der Waals surface area (Å²) >= 11 is 0. The molecule has 3 N–H and O–H groups in total. The highest BCUT2D eigenvalue weighted by molar-refractivity contribution is 7.46. The average Bonchev–Trinajstić information content (AvgIpc) is 2.98. The molecule has 2 heterocycles. The van der Waals surface area contributed by atoms with Crippen molar-refractivity contribution >= 4 is 19.4 Å². The van der Waals surface area contributed by atoms with E-state index in [0.717, 1.165) is 10.5 Å². The number of phosphoric ester groups is 1. The molecule has 47 heavy (non-hydrogen) atoms. The molecule has 0 saturated carbocycles. The Morgan fingerprint density at radius 3 is 2.15 bits per heavy atom. The fourth-order valence-electron chi connectivity index (χ4n) is 5.71. The van der Waals surface area contributed by atoms with Crippen LogP contribution in [0.3, 0.4) is 0 Å². The van der Waals surface area contributed by atoms with Gasteiger partial charge in [0, 0.05) is 19.2 Å². The lowest BCUT2D eigenvalue weighted by atomic mass is 9.81. The van der Waals surface area contributed by atoms with Crippen molar-refractivity contribution in [2.75, 3.05) is 45.4 Å². The predicted molar refractivity (Wildman–Crippen MR) is 162 cm³/mol. The van der Waals surface area contributed by atoms with Gasteiger partial charge in [0.25, 0.3) is 0 Å². The maximum Gasteiger partial charge on any atom is 0.474 e. The van der Waals surface area contributed by atoms with Crippen molar-refractivity contribution < 1.29 is 54.5 Å². The minimum atomic E-state index is -5.09. The van der Waals surface area contributed by atoms with Crippen LogP contribution in [0.2, 0.25) is 0 Å². The van der Waals surface area contributed by atoms with Crippen molar-refractivity contribution in [3.8, 4) is 11.1 Å². The fourth-order valence-corrected chi connectivity index (χ4v) is 6.12. The van der Waals surface area contributed by atoms with E-state index in [-0.39, 0.29) is 23.0 Å². The first-order chi connectivity index (χ1) is 21.5. The first-order valence-corrected chi connectivity index (χ1v) is 16.0. The number of nitrogens with one attached hydrogen (secondary N) is 1. The number of nitrogens with zero attached hydrogens (tertiary/aromatic N) is 3. The van der Waals surface area contributed by atoms with Crippen LogP contribution in [-0.4, -0.2) is 65.6 Å². The molecule has 1 amide bonds. The highest BCUT2D eigenvalue weighted by atomic mass is 31.2. The van der Waals surface area contributed by atoms with Crippen molar-refractivity contribution in [2.24, 2.45) is 0 Å². The third-order valence-electron chi connectivity index (χ3n) is 8.60. The Morgan fingerprint density at radius 1 is 1.02 bits per heavy atom. The second kappa shape index (κ2) is 12.9. The van der Waals surface area contributed by atoms with Gasteiger partial charge in [-0.25, -0.2) is 9.09 Å². The van der Waals surface area contributed by atoms with Gasteiger partial charge in [0.05, 0.1) is 54.3 Å². The van der Waals surface area contributed by atoms with Gasteiger partial charge in [-0.3, -0.25) is 14.3 Å². The molecule has 1 aliphatic heterocycles. The van der Waals surface area contributed by atoms with Crippen LogP contribution in [0.4, 0.5) is 32.0 Å². The number of phosphoric acid groups is 1. The van der Waals surface area contributed by atoms with Gasteiger partial charge in [-0.2, -0.15) is 26.3 Å². The zero-order chi connectivity index (χ0) is 35.2. The molecule has 0 aliphatic carbocycles. The van der Waals surface area contributed by atoms with Gasteiger partial charge in [0.1, 0.15) is 6.04 Å². The number of likely N-dealkylation sites (N-methyl/N-ethyl adjacent to an activating group) is 2. The van der Waals surface area contributed by atoms with Crippen LogP contribution >= 0.6 is 7.82 Å². The van der Waals surface area contributed by atoms with E-state index in [4.69, 9.17) is 4.52 Å². The van der Waals surface area contributed by atoms with E-state index in [9.17, 15) is 45.5 Å². The van der Waals surface area contributed by atoms with Crippen molar-refractivity contribution in [3.63, 3.8) is 0 Å². The largest absolute Gasteiger partial charge is 0.474 e. The number of alkyl halides is 6. The highest BCUT2D eigenvalue weighted by Gasteiger charge is 2.43. The van der Waals surface area contributed by atoms with Crippen molar-refractivity contribution in [2.45, 2.75) is 44.6 Å². The monoisotopic (exact) mass is 689 g/mol. The number of aryl methyl sites for hydroxylation is 1. The van der Waals surface area contributed by atoms with Crippen LogP contribution in [0.5, 0.6) is 0 Å². The molecule has 0 radical (unpaired) electrons. The topological polar surface area (TPSA) is 112 Å². The van der Waals surface area contributed by atoms with Crippen LogP contribution in [0.25, 0.3) is 11.1 Å². The average molecular weight is 690 g/mol. The number of anilines is 1. The maximum absolute atomic E-state index is 14.1. The van der Waals surface area contributed by atoms with Crippen molar-refractivity contribution in [1.29, 1.82) is 0 Å². The molecule has 1 saturated heterocycles. The third-order valence-corrected chi connectivity index (χ3v) is 9.05. The van der Waals surface area contributed by atoms with Gasteiger partial charge < -0.3 is 20.0 Å². The van der Waals surface area contributed by atoms with E-state index >= 15 is 0 Å². The number of carbonyl (C=O) groups is 1. The molecule has 4 rings (SSSR count). The number of quaternary nitrogens is 1. The molecule has 2 unspecified atom stereocenters. The van der Waals surface area contributed by atoms with E-state index in [2.05, 4.69) is 10.3 Å². The van der Waals surface area contributed by atoms with Crippen LogP contribution in [0, 0.1) is 6.92 Å². The van der Waals surface area contributed by atoms with E-state index < -0.39 is 54.2 Å². The number of halogens is 6. The van der Waals surface area contributed by atoms with Gasteiger partial charge in [-0.15, -0.1) is 0 Å². The van der Waals surface area contributed by atoms with Crippen LogP contribution in [-0.2, 0) is 31.7 Å². The maximum atomic E-state index is 14.1. The standard InChI is InChI=1S/C31H35F6N4O5P/c1-19-8-6-7-9-23(19)24-15-25(27-17-38-10-11-41(27,5)18-46-47(43,44)45)39-16-26(24)40(4)28(42)29(2,3)20-12-21(30(32,33)34)14-22(13-20)31(35,36)37/h6-9,12-16,27,38H,10-11,17-18H2,1-5H3,(H-,43,44,45)/p+1. The van der Waals surface area contributed by atoms with Crippen LogP contribution in [0.15, 0.2) is 54.7 Å². The quantitative estimate of drug-likeness (QED) is 0.147. The number of pyridine rings is 1. The number of hydrogen-bond acceptors (Lipinski definition) is 5. The minimum absolute atomic E-state index is 0.0179. The lowest BCUT2D eigenvalue weighted by Crippen LogP contribution is -2.58. The number of piperazine rings is 1. The normalized spacial score (nSPS) is 19.5. The van der Waals surface area contributed by atoms with Gasteiger partial charge in [0.2, 0.25) is 5.91 Å². The predicted octanol–water partition coefficient (Wildman–Crippen LogP) is 6.19. The van der Waals surface area contributed by atoms with Crippen LogP contribution in [0.1, 0.15) is 47.8 Å². The second-order valence-electron chi connectivity index (χ2n) is 12.4. The summed E-state index contributed by atoms with van der Waals surface area (Å²) in [6.45, 7) is 5.39. The molecule has 1 aliphatic rings. The number of rotatable bonds is 8. The van der Waals surface area contributed by atoms with Crippen molar-refractivity contribution in [1.82, 2.24) is 10.3 Å². The van der Waals surface area contributed by atoms with E-state index in [1.165, 1.54) is 27.1 Å². The Bertz CT molecular complexity index is 1660. The molecule has 2 aromatic carbocycles. The molecule has 16 heteroatoms. The summed E-state index contributed by atoms with van der Waals surface area (Å²) in [6.07, 6.45) is -8.77. The Labute approximate surface area is 268 Å². The lowest BCUT2D eigenvalue weighted by Gasteiger charge is -2.44. The Balaban J connectivity index is 1.82. The Kier molecular flexibility index (Phi) is 10.1. The highest BCUT2D eigenvalue weighted by Crippen LogP contribution is 2.43. The summed E-state index contributed by atoms with van der Waals surface area (Å²) in [5.41, 5.74) is -2.62. The summed E-state index contributed by atoms with van der Waals surface area (Å²) < 4.78 is 98.4. The Morgan fingerprint density at radius 2 is 1.60 bits per heavy atom. The number of hydrogen-bond donors (Lipinski definition) is 3. The van der Waals surface area contributed by atoms with Gasteiger partial charge in [0.15, 0.2) is 6.73 Å². The van der Waals surface area contributed by atoms with Crippen LogP contribution < -0.4 is 10.2 Å². The van der Waals surface area contributed by atoms with Crippen molar-refractivity contribution in [3.05, 3.63) is 82.7 Å². The lowest BCUT2D eigenvalue weighted by molar-refractivity contribution is -0.955. The SMILES string of the molecule is Cc1ccccc1-c1cc(C2CNCC[N+]2(C)COP(=O)(O)O)ncc1N(C)C(=O)C(C)(C)c1cc(C(F)(F)F)cc(C(F)(F)F)c1. The molecule has 2 atom stereocenters. The molecule has 1 aromatic heterocycles. The van der Waals surface area contributed by atoms with Gasteiger partial charge in [-0.05, 0) is 61.7 Å². The first-order valence-electron chi connectivity index (χ1n) is 14.4. The summed E-state index contributed by atoms with van der Waals surface area (Å²) in [6, 6.07) is 9.62. The molecule has 9 nitrogen and oxygen atoms in total.